The lowest BCUT2D eigenvalue weighted by Gasteiger charge is -2.44. The number of hydrogen-bond acceptors (Lipinski definition) is 6. The molecule has 1 saturated carbocycles. The highest BCUT2D eigenvalue weighted by atomic mass is 16.7. The molecule has 6 nitrogen and oxygen atoms in total. The summed E-state index contributed by atoms with van der Waals surface area (Å²) in [6.45, 7) is 1.26. The second-order valence-electron chi connectivity index (χ2n) is 6.35. The Morgan fingerprint density at radius 3 is 2.38 bits per heavy atom. The molecule has 4 N–H and O–H groups in total. The zero-order chi connectivity index (χ0) is 15.4. The van der Waals surface area contributed by atoms with Crippen molar-refractivity contribution in [3.05, 3.63) is 0 Å². The van der Waals surface area contributed by atoms with Crippen LogP contribution in [0.3, 0.4) is 0 Å². The monoisotopic (exact) mass is 304 g/mol. The van der Waals surface area contributed by atoms with Crippen molar-refractivity contribution in [2.45, 2.75) is 82.3 Å². The van der Waals surface area contributed by atoms with Crippen molar-refractivity contribution in [3.8, 4) is 0 Å². The van der Waals surface area contributed by atoms with Gasteiger partial charge in [-0.2, -0.15) is 0 Å². The van der Waals surface area contributed by atoms with Crippen LogP contribution in [0.4, 0.5) is 0 Å². The first-order valence-corrected chi connectivity index (χ1v) is 7.99. The predicted octanol–water partition coefficient (Wildman–Crippen LogP) is 0.162. The zero-order valence-electron chi connectivity index (χ0n) is 12.6. The molecule has 1 saturated heterocycles. The lowest BCUT2D eigenvalue weighted by atomic mass is 9.86. The molecule has 124 valence electrons. The van der Waals surface area contributed by atoms with Gasteiger partial charge < -0.3 is 29.9 Å². The van der Waals surface area contributed by atoms with Gasteiger partial charge in [-0.25, -0.2) is 0 Å². The predicted molar refractivity (Wildman–Crippen MR) is 75.5 cm³/mol. The smallest absolute Gasteiger partial charge is 0.164 e. The maximum atomic E-state index is 10.3. The summed E-state index contributed by atoms with van der Waals surface area (Å²) in [4.78, 5) is 0. The Bertz CT molecular complexity index is 305. The third kappa shape index (κ3) is 4.37. The van der Waals surface area contributed by atoms with Crippen molar-refractivity contribution in [2.75, 3.05) is 6.61 Å². The largest absolute Gasteiger partial charge is 0.394 e. The van der Waals surface area contributed by atoms with E-state index in [9.17, 15) is 20.4 Å². The number of aliphatic hydroxyl groups is 4. The molecule has 6 heteroatoms. The normalized spacial score (nSPS) is 40.1. The highest BCUT2D eigenvalue weighted by Gasteiger charge is 2.45. The van der Waals surface area contributed by atoms with E-state index in [0.29, 0.717) is 0 Å². The Morgan fingerprint density at radius 1 is 1.14 bits per heavy atom. The maximum absolute atomic E-state index is 10.3. The summed E-state index contributed by atoms with van der Waals surface area (Å²) in [6.07, 6.45) is 1.34. The van der Waals surface area contributed by atoms with Gasteiger partial charge in [0, 0.05) is 5.92 Å². The minimum absolute atomic E-state index is 0.0852. The van der Waals surface area contributed by atoms with Crippen LogP contribution in [0.1, 0.15) is 45.4 Å². The summed E-state index contributed by atoms with van der Waals surface area (Å²) in [5, 5.41) is 39.1. The van der Waals surface area contributed by atoms with Crippen molar-refractivity contribution in [2.24, 2.45) is 5.92 Å². The Morgan fingerprint density at radius 2 is 1.81 bits per heavy atom. The first-order chi connectivity index (χ1) is 10.0. The lowest BCUT2D eigenvalue weighted by molar-refractivity contribution is -0.301. The molecular weight excluding hydrogens is 276 g/mol. The highest BCUT2D eigenvalue weighted by Crippen LogP contribution is 2.33. The molecule has 21 heavy (non-hydrogen) atoms. The van der Waals surface area contributed by atoms with E-state index in [4.69, 9.17) is 9.47 Å². The van der Waals surface area contributed by atoms with Gasteiger partial charge in [0.15, 0.2) is 6.29 Å². The van der Waals surface area contributed by atoms with Crippen LogP contribution in [0.2, 0.25) is 0 Å². The topological polar surface area (TPSA) is 99.4 Å². The second kappa shape index (κ2) is 7.85. The second-order valence-corrected chi connectivity index (χ2v) is 6.35. The molecule has 0 aromatic heterocycles. The van der Waals surface area contributed by atoms with Crippen LogP contribution in [0.25, 0.3) is 0 Å². The number of rotatable bonds is 5. The third-order valence-corrected chi connectivity index (χ3v) is 4.50. The standard InChI is InChI=1S/C15H28O6/c1-9(17)7-11-13(18)14(19)12(8-16)21-15(11)20-10-5-3-2-4-6-10/h9-19H,2-8H2,1H3/t9?,11-,12-,13-,14-,15+/m1/s1. The van der Waals surface area contributed by atoms with Crippen molar-refractivity contribution >= 4 is 0 Å². The first kappa shape index (κ1) is 17.1. The summed E-state index contributed by atoms with van der Waals surface area (Å²) >= 11 is 0. The minimum Gasteiger partial charge on any atom is -0.394 e. The van der Waals surface area contributed by atoms with Gasteiger partial charge >= 0.3 is 0 Å². The Labute approximate surface area is 125 Å². The molecule has 2 fully saturated rings. The molecular formula is C15H28O6. The molecule has 0 spiro atoms. The molecule has 2 rings (SSSR count). The fourth-order valence-corrected chi connectivity index (χ4v) is 3.31. The van der Waals surface area contributed by atoms with E-state index in [-0.39, 0.29) is 19.1 Å². The molecule has 1 aliphatic heterocycles. The summed E-state index contributed by atoms with van der Waals surface area (Å²) in [5.41, 5.74) is 0. The van der Waals surface area contributed by atoms with Crippen LogP contribution < -0.4 is 0 Å². The molecule has 1 unspecified atom stereocenters. The molecule has 1 heterocycles. The summed E-state index contributed by atoms with van der Waals surface area (Å²) in [7, 11) is 0. The van der Waals surface area contributed by atoms with Crippen LogP contribution in [-0.2, 0) is 9.47 Å². The zero-order valence-corrected chi connectivity index (χ0v) is 12.6. The van der Waals surface area contributed by atoms with Crippen molar-refractivity contribution in [1.29, 1.82) is 0 Å². The molecule has 0 radical (unpaired) electrons. The van der Waals surface area contributed by atoms with E-state index < -0.39 is 36.6 Å². The van der Waals surface area contributed by atoms with E-state index in [1.807, 2.05) is 0 Å². The van der Waals surface area contributed by atoms with Crippen molar-refractivity contribution in [3.63, 3.8) is 0 Å². The van der Waals surface area contributed by atoms with Gasteiger partial charge in [0.1, 0.15) is 12.2 Å². The van der Waals surface area contributed by atoms with Crippen LogP contribution in [0.5, 0.6) is 0 Å². The van der Waals surface area contributed by atoms with Gasteiger partial charge in [0.05, 0.1) is 24.9 Å². The van der Waals surface area contributed by atoms with E-state index in [0.717, 1.165) is 25.7 Å². The molecule has 0 aromatic rings. The van der Waals surface area contributed by atoms with Crippen LogP contribution in [-0.4, -0.2) is 63.8 Å². The van der Waals surface area contributed by atoms with Gasteiger partial charge in [0.25, 0.3) is 0 Å². The van der Waals surface area contributed by atoms with E-state index >= 15 is 0 Å². The molecule has 0 aromatic carbocycles. The fourth-order valence-electron chi connectivity index (χ4n) is 3.31. The SMILES string of the molecule is CC(O)C[C@H]1[C@@H](OC2CCCCC2)O[C@H](CO)[C@@H](O)[C@@H]1O. The Balaban J connectivity index is 2.04. The summed E-state index contributed by atoms with van der Waals surface area (Å²) < 4.78 is 11.6. The molecule has 0 amide bonds. The molecule has 2 aliphatic rings. The highest BCUT2D eigenvalue weighted by molar-refractivity contribution is 4.90. The van der Waals surface area contributed by atoms with Crippen LogP contribution >= 0.6 is 0 Å². The van der Waals surface area contributed by atoms with Gasteiger partial charge in [-0.1, -0.05) is 19.3 Å². The third-order valence-electron chi connectivity index (χ3n) is 4.50. The van der Waals surface area contributed by atoms with Gasteiger partial charge in [-0.05, 0) is 26.2 Å². The Kier molecular flexibility index (Phi) is 6.40. The summed E-state index contributed by atoms with van der Waals surface area (Å²) in [6, 6.07) is 0. The van der Waals surface area contributed by atoms with Gasteiger partial charge in [-0.15, -0.1) is 0 Å². The molecule has 0 bridgehead atoms. The van der Waals surface area contributed by atoms with Gasteiger partial charge in [-0.3, -0.25) is 0 Å². The van der Waals surface area contributed by atoms with E-state index in [2.05, 4.69) is 0 Å². The van der Waals surface area contributed by atoms with Gasteiger partial charge in [0.2, 0.25) is 0 Å². The first-order valence-electron chi connectivity index (χ1n) is 7.99. The molecule has 6 atom stereocenters. The number of ether oxygens (including phenoxy) is 2. The number of aliphatic hydroxyl groups excluding tert-OH is 4. The summed E-state index contributed by atoms with van der Waals surface area (Å²) in [5.74, 6) is -0.496. The van der Waals surface area contributed by atoms with Crippen LogP contribution in [0, 0.1) is 5.92 Å². The minimum atomic E-state index is -1.16. The van der Waals surface area contributed by atoms with Crippen molar-refractivity contribution < 1.29 is 29.9 Å². The average Bonchev–Trinajstić information content (AvgIpc) is 2.47. The van der Waals surface area contributed by atoms with E-state index in [1.54, 1.807) is 6.92 Å². The fraction of sp³-hybridized carbons (Fsp3) is 1.00. The van der Waals surface area contributed by atoms with E-state index in [1.165, 1.54) is 6.42 Å². The average molecular weight is 304 g/mol. The lowest BCUT2D eigenvalue weighted by Crippen LogP contribution is -2.57. The number of hydrogen-bond donors (Lipinski definition) is 4. The Hall–Kier alpha value is -0.240. The van der Waals surface area contributed by atoms with Crippen LogP contribution in [0.15, 0.2) is 0 Å². The molecule has 1 aliphatic carbocycles. The van der Waals surface area contributed by atoms with Crippen molar-refractivity contribution in [1.82, 2.24) is 0 Å². The quantitative estimate of drug-likeness (QED) is 0.577. The maximum Gasteiger partial charge on any atom is 0.164 e.